The molecule has 13 heavy (non-hydrogen) atoms. The fourth-order valence-electron chi connectivity index (χ4n) is 3.19. The van der Waals surface area contributed by atoms with Crippen molar-refractivity contribution in [2.75, 3.05) is 5.33 Å². The molecule has 3 atom stereocenters. The fraction of sp³-hybridized carbons (Fsp3) is 0.900. The lowest BCUT2D eigenvalue weighted by Gasteiger charge is -2.36. The molecular weight excluding hydrogens is 230 g/mol. The molecule has 0 heterocycles. The summed E-state index contributed by atoms with van der Waals surface area (Å²) in [5.41, 5.74) is 1.45. The van der Waals surface area contributed by atoms with Crippen molar-refractivity contribution in [3.8, 4) is 0 Å². The zero-order valence-corrected chi connectivity index (χ0v) is 9.76. The second kappa shape index (κ2) is 2.72. The van der Waals surface area contributed by atoms with Gasteiger partial charge in [0, 0.05) is 10.7 Å². The summed E-state index contributed by atoms with van der Waals surface area (Å²) < 4.78 is 0. The average Bonchev–Trinajstić information content (AvgIpc) is 2.51. The van der Waals surface area contributed by atoms with Gasteiger partial charge < -0.3 is 5.21 Å². The Morgan fingerprint density at radius 3 is 2.69 bits per heavy atom. The molecule has 0 aromatic carbocycles. The summed E-state index contributed by atoms with van der Waals surface area (Å²) in [6.07, 6.45) is 3.46. The van der Waals surface area contributed by atoms with Crippen molar-refractivity contribution < 1.29 is 5.21 Å². The van der Waals surface area contributed by atoms with Crippen molar-refractivity contribution in [2.24, 2.45) is 21.9 Å². The van der Waals surface area contributed by atoms with E-state index in [-0.39, 0.29) is 5.41 Å². The molecule has 0 unspecified atom stereocenters. The summed E-state index contributed by atoms with van der Waals surface area (Å²) in [5.74, 6) is 0.711. The van der Waals surface area contributed by atoms with E-state index in [1.807, 2.05) is 0 Å². The molecule has 2 bridgehead atoms. The number of oxime groups is 1. The van der Waals surface area contributed by atoms with Crippen molar-refractivity contribution in [3.63, 3.8) is 0 Å². The maximum absolute atomic E-state index is 8.95. The number of nitrogens with zero attached hydrogens (tertiary/aromatic N) is 1. The smallest absolute Gasteiger partial charge is 0.0638 e. The van der Waals surface area contributed by atoms with Crippen LogP contribution in [0.15, 0.2) is 5.16 Å². The summed E-state index contributed by atoms with van der Waals surface area (Å²) in [5, 5.41) is 13.4. The Morgan fingerprint density at radius 1 is 1.62 bits per heavy atom. The first-order valence-corrected chi connectivity index (χ1v) is 5.98. The van der Waals surface area contributed by atoms with Gasteiger partial charge in [-0.05, 0) is 30.6 Å². The summed E-state index contributed by atoms with van der Waals surface area (Å²) in [7, 11) is 0. The van der Waals surface area contributed by atoms with Crippen LogP contribution in [0.3, 0.4) is 0 Å². The molecule has 2 rings (SSSR count). The highest BCUT2D eigenvalue weighted by Crippen LogP contribution is 2.64. The topological polar surface area (TPSA) is 32.6 Å². The van der Waals surface area contributed by atoms with Crippen LogP contribution in [-0.4, -0.2) is 16.2 Å². The zero-order chi connectivity index (χ0) is 9.69. The highest BCUT2D eigenvalue weighted by atomic mass is 79.9. The lowest BCUT2D eigenvalue weighted by molar-refractivity contribution is 0.199. The molecule has 0 aromatic rings. The van der Waals surface area contributed by atoms with Gasteiger partial charge in [0.05, 0.1) is 5.71 Å². The van der Waals surface area contributed by atoms with Gasteiger partial charge >= 0.3 is 0 Å². The molecule has 2 aliphatic rings. The van der Waals surface area contributed by atoms with Crippen molar-refractivity contribution >= 4 is 21.6 Å². The van der Waals surface area contributed by atoms with Gasteiger partial charge in [0.2, 0.25) is 0 Å². The molecule has 0 aromatic heterocycles. The van der Waals surface area contributed by atoms with Crippen molar-refractivity contribution in [1.29, 1.82) is 0 Å². The monoisotopic (exact) mass is 245 g/mol. The molecular formula is C10H16BrNO. The van der Waals surface area contributed by atoms with Crippen LogP contribution in [0.25, 0.3) is 0 Å². The van der Waals surface area contributed by atoms with Gasteiger partial charge in [0.25, 0.3) is 0 Å². The van der Waals surface area contributed by atoms with Crippen LogP contribution in [0.1, 0.15) is 33.1 Å². The number of alkyl halides is 1. The first-order valence-electron chi connectivity index (χ1n) is 4.86. The number of hydrogen-bond donors (Lipinski definition) is 1. The molecule has 0 radical (unpaired) electrons. The lowest BCUT2D eigenvalue weighted by Crippen LogP contribution is -2.36. The first-order chi connectivity index (χ1) is 6.08. The molecule has 2 nitrogen and oxygen atoms in total. The average molecular weight is 246 g/mol. The van der Waals surface area contributed by atoms with Gasteiger partial charge in [-0.2, -0.15) is 0 Å². The van der Waals surface area contributed by atoms with E-state index in [0.717, 1.165) is 17.5 Å². The van der Waals surface area contributed by atoms with E-state index in [9.17, 15) is 0 Å². The van der Waals surface area contributed by atoms with Gasteiger partial charge in [-0.25, -0.2) is 0 Å². The third-order valence-electron chi connectivity index (χ3n) is 4.63. The van der Waals surface area contributed by atoms with E-state index in [1.165, 1.54) is 12.8 Å². The Hall–Kier alpha value is -0.0500. The number of fused-ring (bicyclic) bond motifs is 2. The Balaban J connectivity index is 2.45. The van der Waals surface area contributed by atoms with Crippen molar-refractivity contribution in [2.45, 2.75) is 33.1 Å². The maximum Gasteiger partial charge on any atom is 0.0638 e. The summed E-state index contributed by atoms with van der Waals surface area (Å²) in [4.78, 5) is 0. The lowest BCUT2D eigenvalue weighted by atomic mass is 9.70. The van der Waals surface area contributed by atoms with Crippen LogP contribution in [-0.2, 0) is 0 Å². The highest BCUT2D eigenvalue weighted by Gasteiger charge is 2.62. The molecule has 74 valence electrons. The molecule has 2 saturated carbocycles. The Bertz CT molecular complexity index is 266. The van der Waals surface area contributed by atoms with Crippen molar-refractivity contribution in [3.05, 3.63) is 0 Å². The van der Waals surface area contributed by atoms with Crippen molar-refractivity contribution in [1.82, 2.24) is 0 Å². The molecule has 1 N–H and O–H groups in total. The molecule has 0 spiro atoms. The summed E-state index contributed by atoms with van der Waals surface area (Å²) in [6, 6.07) is 0. The Morgan fingerprint density at radius 2 is 2.31 bits per heavy atom. The summed E-state index contributed by atoms with van der Waals surface area (Å²) in [6.45, 7) is 4.56. The Labute approximate surface area is 87.5 Å². The van der Waals surface area contributed by atoms with Gasteiger partial charge in [-0.1, -0.05) is 34.9 Å². The largest absolute Gasteiger partial charge is 0.411 e. The molecule has 0 aliphatic heterocycles. The van der Waals surface area contributed by atoms with Crippen LogP contribution in [0, 0.1) is 16.7 Å². The van der Waals surface area contributed by atoms with Gasteiger partial charge in [-0.3, -0.25) is 0 Å². The highest BCUT2D eigenvalue weighted by molar-refractivity contribution is 9.09. The predicted molar refractivity (Wildman–Crippen MR) is 56.6 cm³/mol. The van der Waals surface area contributed by atoms with Crippen LogP contribution in [0.5, 0.6) is 0 Å². The van der Waals surface area contributed by atoms with E-state index >= 15 is 0 Å². The molecule has 3 heteroatoms. The minimum atomic E-state index is 0.135. The Kier molecular flexibility index (Phi) is 1.99. The van der Waals surface area contributed by atoms with E-state index in [0.29, 0.717) is 11.3 Å². The molecule has 0 amide bonds. The third kappa shape index (κ3) is 0.915. The second-order valence-electron chi connectivity index (χ2n) is 4.87. The van der Waals surface area contributed by atoms with Crippen LogP contribution in [0.4, 0.5) is 0 Å². The second-order valence-corrected chi connectivity index (χ2v) is 5.43. The van der Waals surface area contributed by atoms with E-state index in [1.54, 1.807) is 0 Å². The van der Waals surface area contributed by atoms with Crippen LogP contribution >= 0.6 is 15.9 Å². The SMILES string of the molecule is C[C@]1(CBr)[C@H]2CC[C@]1(C)/C(=N/O)C2. The molecule has 0 saturated heterocycles. The summed E-state index contributed by atoms with van der Waals surface area (Å²) >= 11 is 3.61. The van der Waals surface area contributed by atoms with Crippen LogP contribution < -0.4 is 0 Å². The van der Waals surface area contributed by atoms with Gasteiger partial charge in [-0.15, -0.1) is 0 Å². The molecule has 2 aliphatic carbocycles. The quantitative estimate of drug-likeness (QED) is 0.430. The fourth-order valence-corrected chi connectivity index (χ4v) is 4.26. The number of halogens is 1. The van der Waals surface area contributed by atoms with Gasteiger partial charge in [0.15, 0.2) is 0 Å². The van der Waals surface area contributed by atoms with Gasteiger partial charge in [0.1, 0.15) is 0 Å². The zero-order valence-electron chi connectivity index (χ0n) is 8.18. The normalized spacial score (nSPS) is 51.9. The first kappa shape index (κ1) is 9.50. The number of rotatable bonds is 1. The minimum absolute atomic E-state index is 0.135. The van der Waals surface area contributed by atoms with E-state index in [4.69, 9.17) is 5.21 Å². The van der Waals surface area contributed by atoms with Crippen LogP contribution in [0.2, 0.25) is 0 Å². The third-order valence-corrected chi connectivity index (χ3v) is 5.79. The minimum Gasteiger partial charge on any atom is -0.411 e. The van der Waals surface area contributed by atoms with E-state index < -0.39 is 0 Å². The number of hydrogen-bond acceptors (Lipinski definition) is 2. The predicted octanol–water partition coefficient (Wildman–Crippen LogP) is 3.04. The standard InChI is InChI=1S/C10H16BrNO/c1-9-4-3-7(5-8(9)12-13)10(9,2)6-11/h7,13H,3-6H2,1-2H3/b12-8+/t7-,9+,10-/m0/s1. The maximum atomic E-state index is 8.95. The van der Waals surface area contributed by atoms with E-state index in [2.05, 4.69) is 34.9 Å². The molecule has 2 fully saturated rings.